The molecule has 0 aliphatic carbocycles. The fraction of sp³-hybridized carbons (Fsp3) is 0.269. The summed E-state index contributed by atoms with van der Waals surface area (Å²) in [5, 5.41) is 8.85. The fourth-order valence-electron chi connectivity index (χ4n) is 4.53. The van der Waals surface area contributed by atoms with E-state index in [1.165, 1.54) is 18.4 Å². The molecule has 4 nitrogen and oxygen atoms in total. The van der Waals surface area contributed by atoms with Gasteiger partial charge in [0.05, 0.1) is 5.57 Å². The normalized spacial score (nSPS) is 20.4. The van der Waals surface area contributed by atoms with E-state index in [1.54, 1.807) is 0 Å². The van der Waals surface area contributed by atoms with Gasteiger partial charge in [-0.3, -0.25) is 4.79 Å². The first kappa shape index (κ1) is 18.9. The highest BCUT2D eigenvalue weighted by Crippen LogP contribution is 2.33. The number of ether oxygens (including phenoxy) is 1. The van der Waals surface area contributed by atoms with Crippen molar-refractivity contribution in [2.45, 2.75) is 31.7 Å². The lowest BCUT2D eigenvalue weighted by Crippen LogP contribution is -2.38. The van der Waals surface area contributed by atoms with Gasteiger partial charge in [0.25, 0.3) is 5.91 Å². The van der Waals surface area contributed by atoms with Crippen LogP contribution in [-0.2, 0) is 11.2 Å². The van der Waals surface area contributed by atoms with E-state index in [0.29, 0.717) is 5.57 Å². The topological polar surface area (TPSA) is 50.4 Å². The van der Waals surface area contributed by atoms with Crippen molar-refractivity contribution in [1.29, 1.82) is 0 Å². The van der Waals surface area contributed by atoms with Gasteiger partial charge < -0.3 is 15.4 Å². The molecule has 2 heterocycles. The molecule has 0 saturated carbocycles. The molecule has 4 heteroatoms. The third-order valence-electron chi connectivity index (χ3n) is 6.19. The maximum absolute atomic E-state index is 12.9. The third-order valence-corrected chi connectivity index (χ3v) is 6.19. The molecule has 1 unspecified atom stereocenters. The number of hydrogen-bond donors (Lipinski definition) is 2. The first-order valence-corrected chi connectivity index (χ1v) is 10.6. The second kappa shape index (κ2) is 7.62. The van der Waals surface area contributed by atoms with Gasteiger partial charge in [0, 0.05) is 16.8 Å². The molecule has 152 valence electrons. The van der Waals surface area contributed by atoms with Crippen LogP contribution in [-0.4, -0.2) is 24.6 Å². The largest absolute Gasteiger partial charge is 0.488 e. The molecule has 5 rings (SSSR count). The molecular formula is C26H26N2O2. The second-order valence-electron chi connectivity index (χ2n) is 8.58. The highest BCUT2D eigenvalue weighted by Gasteiger charge is 2.28. The summed E-state index contributed by atoms with van der Waals surface area (Å²) in [5.74, 6) is 0.703. The van der Waals surface area contributed by atoms with Gasteiger partial charge in [0.1, 0.15) is 12.4 Å². The number of anilines is 1. The van der Waals surface area contributed by atoms with Crippen LogP contribution in [0.15, 0.2) is 66.2 Å². The van der Waals surface area contributed by atoms with Gasteiger partial charge >= 0.3 is 0 Å². The smallest absolute Gasteiger partial charge is 0.255 e. The minimum Gasteiger partial charge on any atom is -0.488 e. The minimum absolute atomic E-state index is 0.120. The first-order chi connectivity index (χ1) is 14.6. The maximum atomic E-state index is 12.9. The summed E-state index contributed by atoms with van der Waals surface area (Å²) in [7, 11) is 0. The zero-order valence-corrected chi connectivity index (χ0v) is 17.2. The van der Waals surface area contributed by atoms with E-state index in [1.807, 2.05) is 36.4 Å². The number of hydrogen-bond acceptors (Lipinski definition) is 3. The zero-order chi connectivity index (χ0) is 20.6. The van der Waals surface area contributed by atoms with Crippen molar-refractivity contribution in [3.63, 3.8) is 0 Å². The van der Waals surface area contributed by atoms with Gasteiger partial charge in [-0.1, -0.05) is 42.5 Å². The lowest BCUT2D eigenvalue weighted by atomic mass is 9.91. The van der Waals surface area contributed by atoms with Crippen molar-refractivity contribution in [2.75, 3.05) is 18.5 Å². The van der Waals surface area contributed by atoms with Crippen molar-refractivity contribution >= 4 is 28.4 Å². The molecule has 3 aromatic rings. The zero-order valence-electron chi connectivity index (χ0n) is 17.2. The van der Waals surface area contributed by atoms with Gasteiger partial charge in [-0.05, 0) is 73.3 Å². The van der Waals surface area contributed by atoms with Gasteiger partial charge in [-0.25, -0.2) is 0 Å². The molecule has 0 radical (unpaired) electrons. The van der Waals surface area contributed by atoms with E-state index in [9.17, 15) is 4.79 Å². The minimum atomic E-state index is -0.120. The molecule has 0 spiro atoms. The van der Waals surface area contributed by atoms with Crippen LogP contribution in [0.4, 0.5) is 5.69 Å². The average molecular weight is 399 g/mol. The Morgan fingerprint density at radius 1 is 1.10 bits per heavy atom. The van der Waals surface area contributed by atoms with E-state index < -0.39 is 0 Å². The molecule has 2 aliphatic heterocycles. The number of rotatable bonds is 4. The summed E-state index contributed by atoms with van der Waals surface area (Å²) >= 11 is 0. The molecule has 1 fully saturated rings. The lowest BCUT2D eigenvalue weighted by Gasteiger charge is -2.24. The van der Waals surface area contributed by atoms with E-state index in [2.05, 4.69) is 47.9 Å². The second-order valence-corrected chi connectivity index (χ2v) is 8.58. The molecule has 30 heavy (non-hydrogen) atoms. The van der Waals surface area contributed by atoms with Crippen LogP contribution in [0.2, 0.25) is 0 Å². The number of carbonyl (C=O) groups excluding carboxylic acids is 1. The summed E-state index contributed by atoms with van der Waals surface area (Å²) in [6.07, 6.45) is 5.40. The summed E-state index contributed by atoms with van der Waals surface area (Å²) in [4.78, 5) is 12.9. The van der Waals surface area contributed by atoms with Crippen molar-refractivity contribution < 1.29 is 9.53 Å². The predicted octanol–water partition coefficient (Wildman–Crippen LogP) is 4.94. The number of benzene rings is 3. The van der Waals surface area contributed by atoms with E-state index in [4.69, 9.17) is 4.74 Å². The van der Waals surface area contributed by atoms with Gasteiger partial charge in [-0.2, -0.15) is 0 Å². The van der Waals surface area contributed by atoms with Crippen molar-refractivity contribution in [2.24, 2.45) is 0 Å². The summed E-state index contributed by atoms with van der Waals surface area (Å²) in [6, 6.07) is 20.4. The Balaban J connectivity index is 1.32. The molecule has 1 saturated heterocycles. The van der Waals surface area contributed by atoms with Gasteiger partial charge in [0.2, 0.25) is 0 Å². The molecule has 3 aromatic carbocycles. The number of amides is 1. The average Bonchev–Trinajstić information content (AvgIpc) is 3.20. The van der Waals surface area contributed by atoms with Crippen LogP contribution < -0.4 is 15.4 Å². The number of fused-ring (bicyclic) bond motifs is 3. The molecule has 2 N–H and O–H groups in total. The Bertz CT molecular complexity index is 1130. The molecular weight excluding hydrogens is 372 g/mol. The summed E-state index contributed by atoms with van der Waals surface area (Å²) in [6.45, 7) is 3.66. The Labute approximate surface area is 176 Å². The molecule has 0 aromatic heterocycles. The number of carbonyl (C=O) groups is 1. The maximum Gasteiger partial charge on any atom is 0.255 e. The molecule has 1 atom stereocenters. The van der Waals surface area contributed by atoms with Crippen LogP contribution in [0.5, 0.6) is 5.75 Å². The highest BCUT2D eigenvalue weighted by molar-refractivity contribution is 6.09. The number of nitrogens with one attached hydrogen (secondary N) is 2. The third kappa shape index (κ3) is 3.71. The van der Waals surface area contributed by atoms with Gasteiger partial charge in [-0.15, -0.1) is 0 Å². The molecule has 1 amide bonds. The monoisotopic (exact) mass is 398 g/mol. The summed E-state index contributed by atoms with van der Waals surface area (Å²) < 4.78 is 5.87. The lowest BCUT2D eigenvalue weighted by molar-refractivity contribution is -0.113. The Kier molecular flexibility index (Phi) is 4.80. The van der Waals surface area contributed by atoms with Gasteiger partial charge in [0.15, 0.2) is 0 Å². The van der Waals surface area contributed by atoms with Crippen molar-refractivity contribution in [3.05, 3.63) is 77.4 Å². The molecule has 2 aliphatic rings. The molecule has 0 bridgehead atoms. The van der Waals surface area contributed by atoms with Crippen LogP contribution in [0, 0.1) is 0 Å². The fourth-order valence-corrected chi connectivity index (χ4v) is 4.53. The van der Waals surface area contributed by atoms with Crippen molar-refractivity contribution in [1.82, 2.24) is 5.32 Å². The Morgan fingerprint density at radius 2 is 1.93 bits per heavy atom. The highest BCUT2D eigenvalue weighted by atomic mass is 16.5. The van der Waals surface area contributed by atoms with Crippen molar-refractivity contribution in [3.8, 4) is 5.75 Å². The van der Waals surface area contributed by atoms with Crippen LogP contribution in [0.25, 0.3) is 16.8 Å². The Hall–Kier alpha value is -3.11. The van der Waals surface area contributed by atoms with Crippen LogP contribution in [0.3, 0.4) is 0 Å². The Morgan fingerprint density at radius 3 is 2.73 bits per heavy atom. The first-order valence-electron chi connectivity index (χ1n) is 10.6. The standard InChI is InChI=1S/C26H26N2O2/c1-26(13-4-14-27-26)16-18-7-10-21(11-8-18)28-25(29)20-15-23-22-6-3-2-5-19(22)9-12-24(23)30-17-20/h2-3,5-12,15,27H,4,13-14,16-17H2,1H3,(H,28,29). The predicted molar refractivity (Wildman–Crippen MR) is 122 cm³/mol. The summed E-state index contributed by atoms with van der Waals surface area (Å²) in [5.41, 5.74) is 3.87. The van der Waals surface area contributed by atoms with E-state index in [-0.39, 0.29) is 18.1 Å². The van der Waals surface area contributed by atoms with E-state index in [0.717, 1.165) is 40.7 Å². The quantitative estimate of drug-likeness (QED) is 0.655. The van der Waals surface area contributed by atoms with E-state index >= 15 is 0 Å². The SMILES string of the molecule is CC1(Cc2ccc(NC(=O)C3=Cc4c(ccc5ccccc45)OC3)cc2)CCCN1. The van der Waals surface area contributed by atoms with Crippen LogP contribution >= 0.6 is 0 Å². The van der Waals surface area contributed by atoms with Crippen LogP contribution in [0.1, 0.15) is 30.9 Å².